The Morgan fingerprint density at radius 2 is 2.11 bits per heavy atom. The number of rotatable bonds is 5. The Kier molecular flexibility index (Phi) is 4.04. The van der Waals surface area contributed by atoms with Crippen LogP contribution in [0.15, 0.2) is 30.3 Å². The first-order valence-corrected chi connectivity index (χ1v) is 6.35. The molecule has 1 aromatic carbocycles. The molecule has 5 heteroatoms. The number of para-hydroxylation sites is 1. The number of hydrogen-bond donors (Lipinski definition) is 2. The highest BCUT2D eigenvalue weighted by atomic mass is 15.3. The van der Waals surface area contributed by atoms with Gasteiger partial charge in [-0.3, -0.25) is 0 Å². The smallest absolute Gasteiger partial charge is 0.168 e. The van der Waals surface area contributed by atoms with Gasteiger partial charge in [-0.2, -0.15) is 5.26 Å². The molecule has 0 atom stereocenters. The highest BCUT2D eigenvalue weighted by Crippen LogP contribution is 2.23. The Balaban J connectivity index is 2.34. The molecule has 1 heterocycles. The van der Waals surface area contributed by atoms with Crippen LogP contribution in [0.5, 0.6) is 0 Å². The first-order chi connectivity index (χ1) is 9.27. The standard InChI is InChI=1S/C14H17N5/c1-2-3-9-17-14-12(10-15)13(16)19(18-14)11-7-5-4-6-8-11/h4-8H,2-3,9,16H2,1H3,(H,17,18). The van der Waals surface area contributed by atoms with Crippen molar-refractivity contribution in [3.63, 3.8) is 0 Å². The summed E-state index contributed by atoms with van der Waals surface area (Å²) in [6.07, 6.45) is 2.12. The summed E-state index contributed by atoms with van der Waals surface area (Å²) in [5.74, 6) is 0.921. The zero-order chi connectivity index (χ0) is 13.7. The monoisotopic (exact) mass is 255 g/mol. The molecular formula is C14H17N5. The summed E-state index contributed by atoms with van der Waals surface area (Å²) in [4.78, 5) is 0. The van der Waals surface area contributed by atoms with Gasteiger partial charge in [0.15, 0.2) is 5.82 Å². The number of aromatic nitrogens is 2. The summed E-state index contributed by atoms with van der Waals surface area (Å²) in [5, 5.41) is 16.7. The van der Waals surface area contributed by atoms with Crippen LogP contribution in [0, 0.1) is 11.3 Å². The number of nitrogen functional groups attached to an aromatic ring is 1. The van der Waals surface area contributed by atoms with Gasteiger partial charge >= 0.3 is 0 Å². The highest BCUT2D eigenvalue weighted by molar-refractivity contribution is 5.66. The van der Waals surface area contributed by atoms with E-state index in [1.54, 1.807) is 4.68 Å². The van der Waals surface area contributed by atoms with Crippen LogP contribution in [0.3, 0.4) is 0 Å². The third-order valence-corrected chi connectivity index (χ3v) is 2.86. The zero-order valence-electron chi connectivity index (χ0n) is 10.9. The van der Waals surface area contributed by atoms with Gasteiger partial charge in [0.25, 0.3) is 0 Å². The van der Waals surface area contributed by atoms with Crippen LogP contribution in [0.25, 0.3) is 5.69 Å². The minimum absolute atomic E-state index is 0.368. The highest BCUT2D eigenvalue weighted by Gasteiger charge is 2.15. The summed E-state index contributed by atoms with van der Waals surface area (Å²) in [6.45, 7) is 2.90. The minimum Gasteiger partial charge on any atom is -0.382 e. The van der Waals surface area contributed by atoms with E-state index < -0.39 is 0 Å². The number of benzene rings is 1. The van der Waals surface area contributed by atoms with E-state index in [2.05, 4.69) is 23.4 Å². The van der Waals surface area contributed by atoms with Gasteiger partial charge in [-0.1, -0.05) is 31.5 Å². The predicted octanol–water partition coefficient (Wildman–Crippen LogP) is 2.54. The molecule has 5 nitrogen and oxygen atoms in total. The molecule has 0 fully saturated rings. The lowest BCUT2D eigenvalue weighted by Gasteiger charge is -2.02. The normalized spacial score (nSPS) is 10.1. The first kappa shape index (κ1) is 13.0. The van der Waals surface area contributed by atoms with Crippen LogP contribution in [0.4, 0.5) is 11.6 Å². The van der Waals surface area contributed by atoms with Crippen molar-refractivity contribution in [3.8, 4) is 11.8 Å². The second kappa shape index (κ2) is 5.91. The first-order valence-electron chi connectivity index (χ1n) is 6.35. The minimum atomic E-state index is 0.368. The average Bonchev–Trinajstić information content (AvgIpc) is 2.76. The fourth-order valence-electron chi connectivity index (χ4n) is 1.81. The number of nitrogens with one attached hydrogen (secondary N) is 1. The SMILES string of the molecule is CCCCNc1nn(-c2ccccc2)c(N)c1C#N. The Hall–Kier alpha value is -2.48. The fraction of sp³-hybridized carbons (Fsp3) is 0.286. The second-order valence-corrected chi connectivity index (χ2v) is 4.25. The Labute approximate surface area is 112 Å². The van der Waals surface area contributed by atoms with E-state index in [0.29, 0.717) is 17.2 Å². The van der Waals surface area contributed by atoms with Gasteiger partial charge < -0.3 is 11.1 Å². The summed E-state index contributed by atoms with van der Waals surface area (Å²) in [5.41, 5.74) is 7.24. The van der Waals surface area contributed by atoms with E-state index in [0.717, 1.165) is 25.1 Å². The Morgan fingerprint density at radius 3 is 2.74 bits per heavy atom. The molecule has 0 aliphatic rings. The molecule has 0 spiro atoms. The second-order valence-electron chi connectivity index (χ2n) is 4.25. The molecule has 1 aromatic heterocycles. The number of nitrogens with two attached hydrogens (primary N) is 1. The van der Waals surface area contributed by atoms with Crippen LogP contribution in [-0.4, -0.2) is 16.3 Å². The molecule has 0 saturated heterocycles. The van der Waals surface area contributed by atoms with Crippen molar-refractivity contribution in [2.45, 2.75) is 19.8 Å². The average molecular weight is 255 g/mol. The van der Waals surface area contributed by atoms with Crippen molar-refractivity contribution in [3.05, 3.63) is 35.9 Å². The van der Waals surface area contributed by atoms with E-state index in [1.807, 2.05) is 30.3 Å². The van der Waals surface area contributed by atoms with E-state index in [-0.39, 0.29) is 0 Å². The lowest BCUT2D eigenvalue weighted by molar-refractivity contribution is 0.822. The summed E-state index contributed by atoms with van der Waals surface area (Å²) in [6, 6.07) is 11.7. The topological polar surface area (TPSA) is 79.7 Å². The van der Waals surface area contributed by atoms with E-state index in [1.165, 1.54) is 0 Å². The molecule has 0 amide bonds. The van der Waals surface area contributed by atoms with Crippen LogP contribution in [0.1, 0.15) is 25.3 Å². The predicted molar refractivity (Wildman–Crippen MR) is 76.1 cm³/mol. The van der Waals surface area contributed by atoms with Gasteiger partial charge in [0.2, 0.25) is 0 Å². The number of nitrogens with zero attached hydrogens (tertiary/aromatic N) is 3. The maximum absolute atomic E-state index is 9.19. The van der Waals surface area contributed by atoms with Gasteiger partial charge in [-0.15, -0.1) is 5.10 Å². The molecule has 3 N–H and O–H groups in total. The van der Waals surface area contributed by atoms with Crippen molar-refractivity contribution in [2.24, 2.45) is 0 Å². The molecule has 0 bridgehead atoms. The van der Waals surface area contributed by atoms with Gasteiger partial charge in [0.1, 0.15) is 17.5 Å². The third-order valence-electron chi connectivity index (χ3n) is 2.86. The Bertz CT molecular complexity index is 580. The molecule has 2 rings (SSSR count). The molecule has 0 unspecified atom stereocenters. The molecule has 19 heavy (non-hydrogen) atoms. The molecule has 0 aliphatic heterocycles. The Morgan fingerprint density at radius 1 is 1.37 bits per heavy atom. The largest absolute Gasteiger partial charge is 0.382 e. The third kappa shape index (κ3) is 2.68. The van der Waals surface area contributed by atoms with Gasteiger partial charge in [-0.25, -0.2) is 4.68 Å². The van der Waals surface area contributed by atoms with Gasteiger partial charge in [0, 0.05) is 6.54 Å². The van der Waals surface area contributed by atoms with Crippen LogP contribution >= 0.6 is 0 Å². The van der Waals surface area contributed by atoms with E-state index in [9.17, 15) is 5.26 Å². The molecule has 2 aromatic rings. The number of nitriles is 1. The molecule has 0 radical (unpaired) electrons. The van der Waals surface area contributed by atoms with Gasteiger partial charge in [0.05, 0.1) is 5.69 Å². The van der Waals surface area contributed by atoms with Gasteiger partial charge in [-0.05, 0) is 18.6 Å². The number of anilines is 2. The zero-order valence-corrected chi connectivity index (χ0v) is 10.9. The maximum atomic E-state index is 9.19. The van der Waals surface area contributed by atoms with Crippen LogP contribution < -0.4 is 11.1 Å². The van der Waals surface area contributed by atoms with Crippen molar-refractivity contribution in [1.82, 2.24) is 9.78 Å². The lowest BCUT2D eigenvalue weighted by Crippen LogP contribution is -2.04. The molecule has 98 valence electrons. The van der Waals surface area contributed by atoms with Crippen LogP contribution in [-0.2, 0) is 0 Å². The number of unbranched alkanes of at least 4 members (excludes halogenated alkanes) is 1. The van der Waals surface area contributed by atoms with Crippen LogP contribution in [0.2, 0.25) is 0 Å². The van der Waals surface area contributed by atoms with Crippen molar-refractivity contribution in [2.75, 3.05) is 17.6 Å². The molecular weight excluding hydrogens is 238 g/mol. The van der Waals surface area contributed by atoms with Crippen molar-refractivity contribution in [1.29, 1.82) is 5.26 Å². The van der Waals surface area contributed by atoms with E-state index in [4.69, 9.17) is 5.73 Å². The van der Waals surface area contributed by atoms with E-state index >= 15 is 0 Å². The maximum Gasteiger partial charge on any atom is 0.168 e. The number of hydrogen-bond acceptors (Lipinski definition) is 4. The molecule has 0 aliphatic carbocycles. The summed E-state index contributed by atoms with van der Waals surface area (Å²) >= 11 is 0. The summed E-state index contributed by atoms with van der Waals surface area (Å²) in [7, 11) is 0. The summed E-state index contributed by atoms with van der Waals surface area (Å²) < 4.78 is 1.59. The fourth-order valence-corrected chi connectivity index (χ4v) is 1.81. The quantitative estimate of drug-likeness (QED) is 0.805. The lowest BCUT2D eigenvalue weighted by atomic mass is 10.3. The van der Waals surface area contributed by atoms with Crippen molar-refractivity contribution >= 4 is 11.6 Å². The van der Waals surface area contributed by atoms with Crippen molar-refractivity contribution < 1.29 is 0 Å². The molecule has 0 saturated carbocycles.